The Labute approximate surface area is 92.6 Å². The Bertz CT molecular complexity index is 338. The van der Waals surface area contributed by atoms with E-state index in [4.69, 9.17) is 0 Å². The summed E-state index contributed by atoms with van der Waals surface area (Å²) >= 11 is -1.90. The summed E-state index contributed by atoms with van der Waals surface area (Å²) in [6.45, 7) is 0. The van der Waals surface area contributed by atoms with Gasteiger partial charge >= 0.3 is 92.9 Å². The van der Waals surface area contributed by atoms with Crippen LogP contribution in [-0.4, -0.2) is 22.6 Å². The van der Waals surface area contributed by atoms with Gasteiger partial charge in [0.25, 0.3) is 0 Å². The molecule has 0 fully saturated rings. The molecule has 0 saturated heterocycles. The van der Waals surface area contributed by atoms with Crippen LogP contribution in [0.15, 0.2) is 44.7 Å². The molecule has 0 heterocycles. The summed E-state index contributed by atoms with van der Waals surface area (Å²) in [5.41, 5.74) is 0. The molecule has 1 atom stereocenters. The van der Waals surface area contributed by atoms with Crippen LogP contribution >= 0.6 is 0 Å². The molecule has 1 rings (SSSR count). The third-order valence-corrected chi connectivity index (χ3v) is 6.81. The van der Waals surface area contributed by atoms with Gasteiger partial charge in [-0.3, -0.25) is 0 Å². The minimum absolute atomic E-state index is 0.888. The van der Waals surface area contributed by atoms with Gasteiger partial charge in [-0.25, -0.2) is 0 Å². The molecule has 0 N–H and O–H groups in total. The predicted molar refractivity (Wildman–Crippen MR) is 65.3 cm³/mol. The van der Waals surface area contributed by atoms with E-state index < -0.39 is 29.2 Å². The SMILES string of the molecule is [CH3][Sn]([CH3])([CH3])/[CH]=C/S(=O)c1ccccc1. The van der Waals surface area contributed by atoms with Crippen LogP contribution in [0.4, 0.5) is 0 Å². The molecule has 14 heavy (non-hydrogen) atoms. The monoisotopic (exact) mass is 316 g/mol. The quantitative estimate of drug-likeness (QED) is 0.783. The van der Waals surface area contributed by atoms with E-state index in [1.54, 1.807) is 0 Å². The molecule has 0 spiro atoms. The van der Waals surface area contributed by atoms with Crippen LogP contribution in [0.2, 0.25) is 14.8 Å². The van der Waals surface area contributed by atoms with Crippen LogP contribution in [0.25, 0.3) is 0 Å². The molecule has 0 aliphatic heterocycles. The molecule has 76 valence electrons. The van der Waals surface area contributed by atoms with E-state index in [9.17, 15) is 4.21 Å². The van der Waals surface area contributed by atoms with Crippen molar-refractivity contribution in [2.45, 2.75) is 19.7 Å². The number of hydrogen-bond donors (Lipinski definition) is 0. The molecule has 0 amide bonds. The maximum atomic E-state index is 11.7. The number of benzene rings is 1. The van der Waals surface area contributed by atoms with Gasteiger partial charge in [-0.2, -0.15) is 0 Å². The Morgan fingerprint density at radius 3 is 2.21 bits per heavy atom. The fourth-order valence-corrected chi connectivity index (χ4v) is 6.57. The third kappa shape index (κ3) is 4.42. The van der Waals surface area contributed by atoms with E-state index in [2.05, 4.69) is 18.9 Å². The normalized spacial score (nSPS) is 14.5. The Kier molecular flexibility index (Phi) is 4.38. The fourth-order valence-electron chi connectivity index (χ4n) is 0.899. The van der Waals surface area contributed by atoms with Crippen molar-refractivity contribution >= 4 is 29.2 Å². The first-order valence-corrected chi connectivity index (χ1v) is 16.1. The molecule has 0 bridgehead atoms. The van der Waals surface area contributed by atoms with Crippen LogP contribution in [0.3, 0.4) is 0 Å². The van der Waals surface area contributed by atoms with Crippen LogP contribution < -0.4 is 0 Å². The molecule has 1 aromatic carbocycles. The first kappa shape index (κ1) is 12.0. The Morgan fingerprint density at radius 2 is 1.71 bits per heavy atom. The van der Waals surface area contributed by atoms with Gasteiger partial charge in [0, 0.05) is 0 Å². The second-order valence-corrected chi connectivity index (χ2v) is 20.1. The molecule has 0 aromatic heterocycles. The van der Waals surface area contributed by atoms with Crippen molar-refractivity contribution in [3.8, 4) is 0 Å². The molecular formula is C11H16OSSn. The second-order valence-electron chi connectivity index (χ2n) is 4.28. The van der Waals surface area contributed by atoms with Gasteiger partial charge < -0.3 is 0 Å². The van der Waals surface area contributed by atoms with Gasteiger partial charge in [-0.1, -0.05) is 0 Å². The van der Waals surface area contributed by atoms with E-state index in [1.165, 1.54) is 0 Å². The van der Waals surface area contributed by atoms with Crippen LogP contribution in [-0.2, 0) is 10.8 Å². The van der Waals surface area contributed by atoms with Gasteiger partial charge in [-0.15, -0.1) is 0 Å². The summed E-state index contributed by atoms with van der Waals surface area (Å²) in [7, 11) is -0.958. The summed E-state index contributed by atoms with van der Waals surface area (Å²) < 4.78 is 13.9. The third-order valence-electron chi connectivity index (χ3n) is 1.67. The Hall–Kier alpha value is -0.0913. The molecule has 0 saturated carbocycles. The van der Waals surface area contributed by atoms with E-state index in [1.807, 2.05) is 35.7 Å². The minimum atomic E-state index is -1.90. The molecule has 0 aliphatic carbocycles. The van der Waals surface area contributed by atoms with Crippen molar-refractivity contribution < 1.29 is 4.21 Å². The zero-order valence-corrected chi connectivity index (χ0v) is 12.5. The second kappa shape index (κ2) is 5.12. The summed E-state index contributed by atoms with van der Waals surface area (Å²) in [5.74, 6) is 0. The van der Waals surface area contributed by atoms with Crippen molar-refractivity contribution in [2.24, 2.45) is 0 Å². The average Bonchev–Trinajstić information content (AvgIpc) is 2.14. The van der Waals surface area contributed by atoms with Gasteiger partial charge in [0.15, 0.2) is 0 Å². The summed E-state index contributed by atoms with van der Waals surface area (Å²) in [5, 5.41) is 1.85. The van der Waals surface area contributed by atoms with Crippen molar-refractivity contribution in [3.05, 3.63) is 39.8 Å². The zero-order chi connectivity index (χ0) is 10.6. The van der Waals surface area contributed by atoms with Gasteiger partial charge in [0.2, 0.25) is 0 Å². The summed E-state index contributed by atoms with van der Waals surface area (Å²) in [4.78, 5) is 7.79. The van der Waals surface area contributed by atoms with Crippen molar-refractivity contribution in [2.75, 3.05) is 0 Å². The van der Waals surface area contributed by atoms with E-state index in [-0.39, 0.29) is 0 Å². The standard InChI is InChI=1S/C8H7OS.3CH3.Sn/c1-2-10(9)8-6-4-3-5-7-8;;;;/h1-7H;3*1H3;. The molecule has 1 unspecified atom stereocenters. The van der Waals surface area contributed by atoms with E-state index in [0.29, 0.717) is 0 Å². The molecule has 1 aromatic rings. The average molecular weight is 315 g/mol. The Morgan fingerprint density at radius 1 is 1.14 bits per heavy atom. The van der Waals surface area contributed by atoms with Crippen LogP contribution in [0, 0.1) is 0 Å². The molecule has 1 nitrogen and oxygen atoms in total. The van der Waals surface area contributed by atoms with Crippen molar-refractivity contribution in [3.63, 3.8) is 0 Å². The van der Waals surface area contributed by atoms with Gasteiger partial charge in [0.05, 0.1) is 0 Å². The van der Waals surface area contributed by atoms with Gasteiger partial charge in [-0.05, 0) is 0 Å². The molecule has 0 aliphatic rings. The first-order chi connectivity index (χ1) is 6.49. The Balaban J connectivity index is 2.74. The van der Waals surface area contributed by atoms with Crippen LogP contribution in [0.1, 0.15) is 0 Å². The zero-order valence-electron chi connectivity index (χ0n) is 8.86. The van der Waals surface area contributed by atoms with Gasteiger partial charge in [0.1, 0.15) is 0 Å². The topological polar surface area (TPSA) is 17.1 Å². The summed E-state index contributed by atoms with van der Waals surface area (Å²) in [6.07, 6.45) is 0. The first-order valence-electron chi connectivity index (χ1n) is 4.64. The van der Waals surface area contributed by atoms with Crippen molar-refractivity contribution in [1.82, 2.24) is 0 Å². The summed E-state index contributed by atoms with van der Waals surface area (Å²) in [6, 6.07) is 9.58. The van der Waals surface area contributed by atoms with E-state index in [0.717, 1.165) is 4.90 Å². The van der Waals surface area contributed by atoms with Crippen molar-refractivity contribution in [1.29, 1.82) is 0 Å². The molecule has 3 heteroatoms. The van der Waals surface area contributed by atoms with Crippen LogP contribution in [0.5, 0.6) is 0 Å². The molecular weight excluding hydrogens is 299 g/mol. The fraction of sp³-hybridized carbons (Fsp3) is 0.273. The predicted octanol–water partition coefficient (Wildman–Crippen LogP) is 3.19. The number of hydrogen-bond acceptors (Lipinski definition) is 1. The molecule has 0 radical (unpaired) electrons. The maximum absolute atomic E-state index is 11.7. The number of rotatable bonds is 3. The van der Waals surface area contributed by atoms with E-state index >= 15 is 0 Å².